The summed E-state index contributed by atoms with van der Waals surface area (Å²) in [5, 5.41) is 0. The molecule has 0 amide bonds. The van der Waals surface area contributed by atoms with Crippen LogP contribution in [0.5, 0.6) is 0 Å². The first-order chi connectivity index (χ1) is 20.0. The van der Waals surface area contributed by atoms with Gasteiger partial charge < -0.3 is 9.47 Å². The Morgan fingerprint density at radius 2 is 1.36 bits per heavy atom. The van der Waals surface area contributed by atoms with Gasteiger partial charge in [-0.3, -0.25) is 19.3 Å². The molecule has 1 aliphatic rings. The normalized spacial score (nSPS) is 16.6. The van der Waals surface area contributed by atoms with E-state index in [1.807, 2.05) is 36.4 Å². The second kappa shape index (κ2) is 16.0. The summed E-state index contributed by atoms with van der Waals surface area (Å²) in [6.45, 7) is 10.6. The molecule has 0 aliphatic heterocycles. The van der Waals surface area contributed by atoms with E-state index in [1.54, 1.807) is 20.8 Å². The van der Waals surface area contributed by atoms with Gasteiger partial charge in [-0.1, -0.05) is 107 Å². The maximum Gasteiger partial charge on any atom is 0.317 e. The van der Waals surface area contributed by atoms with Crippen molar-refractivity contribution in [2.75, 3.05) is 7.11 Å². The Kier molecular flexibility index (Phi) is 12.8. The Morgan fingerprint density at radius 1 is 0.833 bits per heavy atom. The van der Waals surface area contributed by atoms with E-state index in [2.05, 4.69) is 43.0 Å². The summed E-state index contributed by atoms with van der Waals surface area (Å²) < 4.78 is 11.1. The highest BCUT2D eigenvalue weighted by molar-refractivity contribution is 6.05. The van der Waals surface area contributed by atoms with Gasteiger partial charge in [0.2, 0.25) is 0 Å². The molecule has 0 saturated heterocycles. The van der Waals surface area contributed by atoms with Crippen LogP contribution in [0, 0.1) is 23.7 Å². The lowest BCUT2D eigenvalue weighted by Crippen LogP contribution is -2.50. The summed E-state index contributed by atoms with van der Waals surface area (Å²) in [7, 11) is 1.34. The minimum atomic E-state index is -1.24. The van der Waals surface area contributed by atoms with Crippen molar-refractivity contribution in [3.8, 4) is 0 Å². The number of esters is 2. The van der Waals surface area contributed by atoms with E-state index < -0.39 is 35.4 Å². The van der Waals surface area contributed by atoms with Crippen LogP contribution in [0.2, 0.25) is 0 Å². The lowest BCUT2D eigenvalue weighted by Gasteiger charge is -2.36. The third-order valence-corrected chi connectivity index (χ3v) is 8.11. The first-order valence-electron chi connectivity index (χ1n) is 15.6. The number of carbonyl (C=O) groups excluding carboxylic acids is 3. The summed E-state index contributed by atoms with van der Waals surface area (Å²) >= 11 is 0. The first kappa shape index (κ1) is 33.5. The highest BCUT2D eigenvalue weighted by Gasteiger charge is 2.46. The highest BCUT2D eigenvalue weighted by atomic mass is 16.6. The van der Waals surface area contributed by atoms with E-state index >= 15 is 0 Å². The van der Waals surface area contributed by atoms with Gasteiger partial charge in [0, 0.05) is 13.1 Å². The van der Waals surface area contributed by atoms with Crippen LogP contribution in [0.1, 0.15) is 90.7 Å². The minimum Gasteiger partial charge on any atom is -0.469 e. The molecule has 6 heteroatoms. The molecule has 1 unspecified atom stereocenters. The number of methoxy groups -OCH3 is 1. The van der Waals surface area contributed by atoms with Gasteiger partial charge in [-0.05, 0) is 56.6 Å². The van der Waals surface area contributed by atoms with Gasteiger partial charge in [-0.15, -0.1) is 0 Å². The molecule has 6 nitrogen and oxygen atoms in total. The van der Waals surface area contributed by atoms with E-state index in [-0.39, 0.29) is 17.6 Å². The van der Waals surface area contributed by atoms with Crippen molar-refractivity contribution in [2.24, 2.45) is 23.7 Å². The summed E-state index contributed by atoms with van der Waals surface area (Å²) in [4.78, 5) is 44.4. The lowest BCUT2D eigenvalue weighted by atomic mass is 9.75. The Balaban J connectivity index is 2.08. The molecule has 42 heavy (non-hydrogen) atoms. The number of rotatable bonds is 14. The van der Waals surface area contributed by atoms with Crippen molar-refractivity contribution in [3.05, 3.63) is 71.8 Å². The van der Waals surface area contributed by atoms with Gasteiger partial charge in [-0.25, -0.2) is 0 Å². The first-order valence-corrected chi connectivity index (χ1v) is 15.6. The Bertz CT molecular complexity index is 1080. The van der Waals surface area contributed by atoms with Crippen molar-refractivity contribution < 1.29 is 23.9 Å². The third kappa shape index (κ3) is 10.4. The van der Waals surface area contributed by atoms with Crippen molar-refractivity contribution in [1.29, 1.82) is 0 Å². The summed E-state index contributed by atoms with van der Waals surface area (Å²) in [5.74, 6) is -3.06. The average Bonchev–Trinajstić information content (AvgIpc) is 2.95. The quantitative estimate of drug-likeness (QED) is 0.172. The molecule has 230 valence electrons. The second-order valence-electron chi connectivity index (χ2n) is 13.3. The molecule has 0 spiro atoms. The Morgan fingerprint density at radius 3 is 1.81 bits per heavy atom. The zero-order valence-electron chi connectivity index (χ0n) is 26.5. The smallest absolute Gasteiger partial charge is 0.317 e. The van der Waals surface area contributed by atoms with Crippen LogP contribution in [-0.2, 0) is 36.9 Å². The van der Waals surface area contributed by atoms with Crippen LogP contribution in [0.25, 0.3) is 0 Å². The molecule has 0 bridgehead atoms. The van der Waals surface area contributed by atoms with E-state index in [4.69, 9.17) is 9.47 Å². The van der Waals surface area contributed by atoms with Crippen molar-refractivity contribution in [2.45, 2.75) is 104 Å². The molecule has 0 radical (unpaired) electrons. The minimum absolute atomic E-state index is 0.183. The standard InChI is InChI=1S/C36H51NO5/c1-26(2)22-31(37(24-28-18-12-8-13-19-28)25-29-20-14-9-15-21-29)33(38)32(35(40)42-36(3,4)5)30(34(39)41-6)23-27-16-10-7-11-17-27/h8-9,12-15,18-21,26-27,30-32H,7,10-11,16-17,22-25H2,1-6H3/t30-,31-,32?/m0/s1. The van der Waals surface area contributed by atoms with Gasteiger partial charge in [0.15, 0.2) is 5.78 Å². The van der Waals surface area contributed by atoms with Crippen LogP contribution in [0.4, 0.5) is 0 Å². The topological polar surface area (TPSA) is 72.9 Å². The molecular formula is C36H51NO5. The predicted octanol–water partition coefficient (Wildman–Crippen LogP) is 7.39. The molecule has 0 N–H and O–H groups in total. The van der Waals surface area contributed by atoms with Crippen molar-refractivity contribution in [1.82, 2.24) is 4.90 Å². The van der Waals surface area contributed by atoms with Gasteiger partial charge >= 0.3 is 11.9 Å². The largest absolute Gasteiger partial charge is 0.469 e. The molecule has 3 rings (SSSR count). The SMILES string of the molecule is COC(=O)[C@@H](CC1CCCCC1)C(C(=O)OC(C)(C)C)C(=O)[C@H](CC(C)C)N(Cc1ccccc1)Cc1ccccc1. The number of nitrogens with zero attached hydrogens (tertiary/aromatic N) is 1. The Labute approximate surface area is 253 Å². The maximum absolute atomic E-state index is 14.9. The fourth-order valence-electron chi connectivity index (χ4n) is 6.16. The molecule has 2 aromatic carbocycles. The van der Waals surface area contributed by atoms with Gasteiger partial charge in [0.1, 0.15) is 11.5 Å². The number of hydrogen-bond acceptors (Lipinski definition) is 6. The monoisotopic (exact) mass is 577 g/mol. The highest BCUT2D eigenvalue weighted by Crippen LogP contribution is 2.35. The fourth-order valence-corrected chi connectivity index (χ4v) is 6.16. The molecule has 1 aliphatic carbocycles. The summed E-state index contributed by atoms with van der Waals surface area (Å²) in [6.07, 6.45) is 6.36. The Hall–Kier alpha value is -2.99. The van der Waals surface area contributed by atoms with Crippen molar-refractivity contribution >= 4 is 17.7 Å². The van der Waals surface area contributed by atoms with E-state index in [0.717, 1.165) is 36.8 Å². The number of Topliss-reactive ketones (excluding diaryl/α,β-unsaturated/α-hetero) is 1. The third-order valence-electron chi connectivity index (χ3n) is 8.11. The van der Waals surface area contributed by atoms with Crippen LogP contribution in [-0.4, -0.2) is 41.4 Å². The lowest BCUT2D eigenvalue weighted by molar-refractivity contribution is -0.171. The van der Waals surface area contributed by atoms with Crippen LogP contribution < -0.4 is 0 Å². The summed E-state index contributed by atoms with van der Waals surface area (Å²) in [5.41, 5.74) is 1.36. The van der Waals surface area contributed by atoms with E-state index in [9.17, 15) is 14.4 Å². The molecule has 0 aromatic heterocycles. The van der Waals surface area contributed by atoms with Crippen LogP contribution in [0.3, 0.4) is 0 Å². The van der Waals surface area contributed by atoms with Crippen molar-refractivity contribution in [3.63, 3.8) is 0 Å². The van der Waals surface area contributed by atoms with Gasteiger partial charge in [0.25, 0.3) is 0 Å². The van der Waals surface area contributed by atoms with Gasteiger partial charge in [-0.2, -0.15) is 0 Å². The average molecular weight is 578 g/mol. The molecule has 1 fully saturated rings. The zero-order valence-corrected chi connectivity index (χ0v) is 26.5. The zero-order chi connectivity index (χ0) is 30.7. The van der Waals surface area contributed by atoms with Gasteiger partial charge in [0.05, 0.1) is 19.1 Å². The number of carbonyl (C=O) groups is 3. The number of ketones is 1. The van der Waals surface area contributed by atoms with Crippen LogP contribution in [0.15, 0.2) is 60.7 Å². The maximum atomic E-state index is 14.9. The molecular weight excluding hydrogens is 526 g/mol. The summed E-state index contributed by atoms with van der Waals surface area (Å²) in [6, 6.07) is 19.6. The van der Waals surface area contributed by atoms with E-state index in [1.165, 1.54) is 13.5 Å². The number of benzene rings is 2. The molecule has 0 heterocycles. The molecule has 3 atom stereocenters. The van der Waals surface area contributed by atoms with E-state index in [0.29, 0.717) is 25.9 Å². The van der Waals surface area contributed by atoms with Crippen LogP contribution >= 0.6 is 0 Å². The number of ether oxygens (including phenoxy) is 2. The number of hydrogen-bond donors (Lipinski definition) is 0. The molecule has 1 saturated carbocycles. The predicted molar refractivity (Wildman–Crippen MR) is 166 cm³/mol. The molecule has 2 aromatic rings. The second-order valence-corrected chi connectivity index (χ2v) is 13.3. The fraction of sp³-hybridized carbons (Fsp3) is 0.583.